The number of nitrogens with one attached hydrogen (secondary N) is 1. The maximum Gasteiger partial charge on any atom is 0.142 e. The van der Waals surface area contributed by atoms with Crippen LogP contribution in [0, 0.1) is 12.8 Å². The van der Waals surface area contributed by atoms with E-state index in [1.807, 2.05) is 6.92 Å². The van der Waals surface area contributed by atoms with E-state index >= 15 is 0 Å². The Kier molecular flexibility index (Phi) is 3.14. The van der Waals surface area contributed by atoms with Crippen LogP contribution in [-0.2, 0) is 0 Å². The second kappa shape index (κ2) is 4.39. The minimum atomic E-state index is 0.594. The molecule has 1 saturated carbocycles. The first-order valence-electron chi connectivity index (χ1n) is 5.69. The highest BCUT2D eigenvalue weighted by molar-refractivity contribution is 7.10. The van der Waals surface area contributed by atoms with Crippen molar-refractivity contribution < 1.29 is 0 Å². The van der Waals surface area contributed by atoms with Gasteiger partial charge in [0.1, 0.15) is 10.8 Å². The molecule has 0 radical (unpaired) electrons. The van der Waals surface area contributed by atoms with Gasteiger partial charge in [0.15, 0.2) is 0 Å². The van der Waals surface area contributed by atoms with Crippen molar-refractivity contribution >= 4 is 22.4 Å². The summed E-state index contributed by atoms with van der Waals surface area (Å²) in [5.74, 6) is 1.64. The molecule has 3 nitrogen and oxygen atoms in total. The van der Waals surface area contributed by atoms with Crippen molar-refractivity contribution in [1.29, 1.82) is 0 Å². The van der Waals surface area contributed by atoms with Gasteiger partial charge >= 0.3 is 0 Å². The molecule has 84 valence electrons. The third-order valence-corrected chi connectivity index (χ3v) is 4.00. The van der Waals surface area contributed by atoms with Crippen molar-refractivity contribution in [3.05, 3.63) is 5.56 Å². The molecule has 0 spiro atoms. The largest absolute Gasteiger partial charge is 0.383 e. The smallest absolute Gasteiger partial charge is 0.142 e. The summed E-state index contributed by atoms with van der Waals surface area (Å²) >= 11 is 1.48. The van der Waals surface area contributed by atoms with Gasteiger partial charge in [0.25, 0.3) is 0 Å². The van der Waals surface area contributed by atoms with E-state index in [-0.39, 0.29) is 0 Å². The lowest BCUT2D eigenvalue weighted by atomic mass is 10.1. The van der Waals surface area contributed by atoms with Gasteiger partial charge in [-0.3, -0.25) is 0 Å². The second-order valence-electron chi connectivity index (χ2n) is 4.45. The summed E-state index contributed by atoms with van der Waals surface area (Å²) in [6, 6.07) is 0.594. The molecule has 0 aromatic carbocycles. The number of anilines is 2. The van der Waals surface area contributed by atoms with Gasteiger partial charge in [-0.2, -0.15) is 4.37 Å². The van der Waals surface area contributed by atoms with Crippen molar-refractivity contribution in [2.45, 2.75) is 45.6 Å². The predicted octanol–water partition coefficient (Wildman–Crippen LogP) is 3.02. The standard InChI is InChI=1S/C11H19N3S/c1-3-9(6-8-4-5-8)13-11-7(2)10(12)14-15-11/h8-9,13H,3-6H2,1-2H3,(H2,12,14). The number of nitrogens with zero attached hydrogens (tertiary/aromatic N) is 1. The zero-order chi connectivity index (χ0) is 10.8. The van der Waals surface area contributed by atoms with E-state index in [1.165, 1.54) is 37.2 Å². The van der Waals surface area contributed by atoms with Gasteiger partial charge in [0, 0.05) is 11.6 Å². The van der Waals surface area contributed by atoms with Crippen LogP contribution in [0.5, 0.6) is 0 Å². The lowest BCUT2D eigenvalue weighted by Crippen LogP contribution is -2.18. The number of rotatable bonds is 5. The van der Waals surface area contributed by atoms with Gasteiger partial charge in [-0.25, -0.2) is 0 Å². The Labute approximate surface area is 95.2 Å². The SMILES string of the molecule is CCC(CC1CC1)Nc1snc(N)c1C. The summed E-state index contributed by atoms with van der Waals surface area (Å²) < 4.78 is 4.16. The normalized spacial score (nSPS) is 17.7. The summed E-state index contributed by atoms with van der Waals surface area (Å²) in [4.78, 5) is 0. The molecular formula is C11H19N3S. The van der Waals surface area contributed by atoms with Gasteiger partial charge < -0.3 is 11.1 Å². The fraction of sp³-hybridized carbons (Fsp3) is 0.727. The molecule has 1 aliphatic carbocycles. The first kappa shape index (κ1) is 10.7. The molecule has 0 saturated heterocycles. The number of hydrogen-bond acceptors (Lipinski definition) is 4. The Balaban J connectivity index is 1.95. The third-order valence-electron chi connectivity index (χ3n) is 3.10. The molecule has 1 aromatic heterocycles. The molecule has 2 rings (SSSR count). The van der Waals surface area contributed by atoms with Gasteiger partial charge in [-0.15, -0.1) is 0 Å². The quantitative estimate of drug-likeness (QED) is 0.810. The van der Waals surface area contributed by atoms with Crippen molar-refractivity contribution in [1.82, 2.24) is 4.37 Å². The highest BCUT2D eigenvalue weighted by atomic mass is 32.1. The van der Waals surface area contributed by atoms with Gasteiger partial charge in [-0.1, -0.05) is 19.8 Å². The highest BCUT2D eigenvalue weighted by Gasteiger charge is 2.25. The van der Waals surface area contributed by atoms with E-state index in [1.54, 1.807) is 0 Å². The molecule has 15 heavy (non-hydrogen) atoms. The van der Waals surface area contributed by atoms with Crippen molar-refractivity contribution in [3.63, 3.8) is 0 Å². The molecule has 1 fully saturated rings. The fourth-order valence-electron chi connectivity index (χ4n) is 1.75. The summed E-state index contributed by atoms with van der Waals surface area (Å²) in [5, 5.41) is 4.72. The predicted molar refractivity (Wildman–Crippen MR) is 66.3 cm³/mol. The van der Waals surface area contributed by atoms with Gasteiger partial charge in [-0.05, 0) is 37.2 Å². The Morgan fingerprint density at radius 1 is 1.60 bits per heavy atom. The van der Waals surface area contributed by atoms with Crippen molar-refractivity contribution in [2.75, 3.05) is 11.1 Å². The van der Waals surface area contributed by atoms with E-state index < -0.39 is 0 Å². The number of hydrogen-bond donors (Lipinski definition) is 2. The van der Waals surface area contributed by atoms with E-state index in [9.17, 15) is 0 Å². The third kappa shape index (κ3) is 2.62. The van der Waals surface area contributed by atoms with Crippen molar-refractivity contribution in [2.24, 2.45) is 5.92 Å². The Morgan fingerprint density at radius 3 is 2.80 bits per heavy atom. The lowest BCUT2D eigenvalue weighted by molar-refractivity contribution is 0.588. The Hall–Kier alpha value is -0.770. The molecular weight excluding hydrogens is 206 g/mol. The summed E-state index contributed by atoms with van der Waals surface area (Å²) in [6.07, 6.45) is 5.31. The van der Waals surface area contributed by atoms with E-state index in [0.717, 1.165) is 16.5 Å². The molecule has 0 bridgehead atoms. The highest BCUT2D eigenvalue weighted by Crippen LogP contribution is 2.35. The Bertz CT molecular complexity index is 331. The molecule has 0 amide bonds. The van der Waals surface area contributed by atoms with Gasteiger partial charge in [0.2, 0.25) is 0 Å². The maximum atomic E-state index is 5.73. The fourth-order valence-corrected chi connectivity index (χ4v) is 2.54. The lowest BCUT2D eigenvalue weighted by Gasteiger charge is -2.16. The monoisotopic (exact) mass is 225 g/mol. The van der Waals surface area contributed by atoms with Crippen molar-refractivity contribution in [3.8, 4) is 0 Å². The van der Waals surface area contributed by atoms with E-state index in [2.05, 4.69) is 16.6 Å². The first-order chi connectivity index (χ1) is 7.20. The summed E-state index contributed by atoms with van der Waals surface area (Å²) in [6.45, 7) is 4.27. The Morgan fingerprint density at radius 2 is 2.33 bits per heavy atom. The number of nitrogens with two attached hydrogens (primary N) is 1. The molecule has 1 aliphatic rings. The van der Waals surface area contributed by atoms with Crippen LogP contribution < -0.4 is 11.1 Å². The second-order valence-corrected chi connectivity index (χ2v) is 5.22. The minimum Gasteiger partial charge on any atom is -0.383 e. The molecule has 1 aromatic rings. The van der Waals surface area contributed by atoms with E-state index in [0.29, 0.717) is 11.9 Å². The van der Waals surface area contributed by atoms with Gasteiger partial charge in [0.05, 0.1) is 0 Å². The summed E-state index contributed by atoms with van der Waals surface area (Å²) in [7, 11) is 0. The molecule has 0 aliphatic heterocycles. The van der Waals surface area contributed by atoms with Crippen LogP contribution in [0.3, 0.4) is 0 Å². The van der Waals surface area contributed by atoms with Crippen LogP contribution in [0.1, 0.15) is 38.2 Å². The van der Waals surface area contributed by atoms with Crippen LogP contribution in [0.25, 0.3) is 0 Å². The average molecular weight is 225 g/mol. The number of nitrogen functional groups attached to an aromatic ring is 1. The zero-order valence-corrected chi connectivity index (χ0v) is 10.2. The maximum absolute atomic E-state index is 5.73. The number of aromatic nitrogens is 1. The topological polar surface area (TPSA) is 50.9 Å². The molecule has 1 unspecified atom stereocenters. The van der Waals surface area contributed by atoms with Crippen LogP contribution >= 0.6 is 11.5 Å². The van der Waals surface area contributed by atoms with Crippen LogP contribution in [0.15, 0.2) is 0 Å². The molecule has 1 atom stereocenters. The van der Waals surface area contributed by atoms with Crippen LogP contribution in [0.2, 0.25) is 0 Å². The molecule has 4 heteroatoms. The first-order valence-corrected chi connectivity index (χ1v) is 6.46. The molecule has 1 heterocycles. The van der Waals surface area contributed by atoms with Crippen LogP contribution in [-0.4, -0.2) is 10.4 Å². The van der Waals surface area contributed by atoms with Crippen LogP contribution in [0.4, 0.5) is 10.8 Å². The summed E-state index contributed by atoms with van der Waals surface area (Å²) in [5.41, 5.74) is 6.84. The molecule has 3 N–H and O–H groups in total. The zero-order valence-electron chi connectivity index (χ0n) is 9.42. The van der Waals surface area contributed by atoms with E-state index in [4.69, 9.17) is 5.73 Å². The minimum absolute atomic E-state index is 0.594. The average Bonchev–Trinajstić information content (AvgIpc) is 2.99.